The van der Waals surface area contributed by atoms with E-state index >= 15 is 0 Å². The Labute approximate surface area is 431 Å². The topological polar surface area (TPSA) is 53.5 Å². The van der Waals surface area contributed by atoms with E-state index in [0.29, 0.717) is 17.5 Å². The predicted molar refractivity (Wildman–Crippen MR) is 309 cm³/mol. The van der Waals surface area contributed by atoms with Crippen LogP contribution in [-0.4, -0.2) is 28.7 Å². The lowest BCUT2D eigenvalue weighted by atomic mass is 9.84. The van der Waals surface area contributed by atoms with Crippen molar-refractivity contribution in [3.8, 4) is 51.2 Å². The molecule has 6 heteroatoms. The van der Waals surface area contributed by atoms with E-state index in [-0.39, 0.29) is 0 Å². The molecule has 0 aliphatic heterocycles. The van der Waals surface area contributed by atoms with Crippen molar-refractivity contribution in [1.82, 2.24) is 28.7 Å². The SMILES string of the molecule is c1ccc(-c2nc(-c3ccccc3)nc(-c3ccc4cc5c(cc4c3)Cc3ccc(-n4c6ccc(-n7c8ccccc8c8ccccc87)cc6c6cc(-n7c8ccccc8c8ccccc87)ccc64)cc3C5)n2)cc1. The molecule has 0 amide bonds. The molecule has 0 bridgehead atoms. The van der Waals surface area contributed by atoms with Gasteiger partial charge in [0.25, 0.3) is 0 Å². The highest BCUT2D eigenvalue weighted by molar-refractivity contribution is 6.14. The van der Waals surface area contributed by atoms with E-state index in [0.717, 1.165) is 40.9 Å². The first-order valence-electron chi connectivity index (χ1n) is 25.8. The third-order valence-corrected chi connectivity index (χ3v) is 15.7. The van der Waals surface area contributed by atoms with Crippen LogP contribution in [0, 0.1) is 0 Å². The number of hydrogen-bond acceptors (Lipinski definition) is 3. The normalized spacial score (nSPS) is 12.4. The molecule has 4 aromatic heterocycles. The van der Waals surface area contributed by atoms with E-state index in [1.807, 2.05) is 36.4 Å². The summed E-state index contributed by atoms with van der Waals surface area (Å²) in [5.74, 6) is 1.99. The van der Waals surface area contributed by atoms with E-state index in [1.165, 1.54) is 104 Å². The Balaban J connectivity index is 0.817. The van der Waals surface area contributed by atoms with Gasteiger partial charge in [-0.05, 0) is 125 Å². The summed E-state index contributed by atoms with van der Waals surface area (Å²) in [4.78, 5) is 15.0. The Morgan fingerprint density at radius 2 is 0.613 bits per heavy atom. The Morgan fingerprint density at radius 1 is 0.240 bits per heavy atom. The van der Waals surface area contributed by atoms with Gasteiger partial charge >= 0.3 is 0 Å². The zero-order valence-corrected chi connectivity index (χ0v) is 40.7. The summed E-state index contributed by atoms with van der Waals surface area (Å²) in [5.41, 5.74) is 19.0. The molecule has 1 aliphatic carbocycles. The van der Waals surface area contributed by atoms with E-state index in [1.54, 1.807) is 0 Å². The highest BCUT2D eigenvalue weighted by atomic mass is 15.0. The molecule has 75 heavy (non-hydrogen) atoms. The van der Waals surface area contributed by atoms with Crippen LogP contribution in [-0.2, 0) is 12.8 Å². The Kier molecular flexibility index (Phi) is 9.06. The Bertz CT molecular complexity index is 4490. The van der Waals surface area contributed by atoms with Crippen molar-refractivity contribution < 1.29 is 0 Å². The molecule has 0 fully saturated rings. The summed E-state index contributed by atoms with van der Waals surface area (Å²) < 4.78 is 7.35. The monoisotopic (exact) mass is 956 g/mol. The van der Waals surface area contributed by atoms with Gasteiger partial charge < -0.3 is 13.7 Å². The average Bonchev–Trinajstić information content (AvgIpc) is 4.16. The first-order valence-corrected chi connectivity index (χ1v) is 25.8. The fourth-order valence-electron chi connectivity index (χ4n) is 12.3. The van der Waals surface area contributed by atoms with Gasteiger partial charge in [0.2, 0.25) is 0 Å². The molecular weight excluding hydrogens is 913 g/mol. The molecular formula is C69H44N6. The molecule has 0 saturated heterocycles. The van der Waals surface area contributed by atoms with Gasteiger partial charge in [-0.1, -0.05) is 164 Å². The van der Waals surface area contributed by atoms with Crippen LogP contribution in [0.25, 0.3) is 127 Å². The molecule has 16 rings (SSSR count). The lowest BCUT2D eigenvalue weighted by Crippen LogP contribution is -2.09. The molecule has 0 N–H and O–H groups in total. The highest BCUT2D eigenvalue weighted by Crippen LogP contribution is 2.41. The Morgan fingerprint density at radius 3 is 1.11 bits per heavy atom. The van der Waals surface area contributed by atoms with Crippen LogP contribution in [0.3, 0.4) is 0 Å². The van der Waals surface area contributed by atoms with Crippen molar-refractivity contribution in [2.24, 2.45) is 0 Å². The maximum Gasteiger partial charge on any atom is 0.164 e. The average molecular weight is 957 g/mol. The van der Waals surface area contributed by atoms with Crippen molar-refractivity contribution >= 4 is 76.2 Å². The number of benzene rings is 11. The van der Waals surface area contributed by atoms with Crippen LogP contribution in [0.15, 0.2) is 243 Å². The minimum absolute atomic E-state index is 0.662. The van der Waals surface area contributed by atoms with Crippen molar-refractivity contribution in [1.29, 1.82) is 0 Å². The van der Waals surface area contributed by atoms with Crippen molar-refractivity contribution in [3.05, 3.63) is 265 Å². The van der Waals surface area contributed by atoms with Gasteiger partial charge in [-0.3, -0.25) is 0 Å². The summed E-state index contributed by atoms with van der Waals surface area (Å²) in [6, 6.07) is 88.1. The van der Waals surface area contributed by atoms with Gasteiger partial charge in [0.05, 0.1) is 33.1 Å². The third-order valence-electron chi connectivity index (χ3n) is 15.7. The molecule has 0 unspecified atom stereocenters. The van der Waals surface area contributed by atoms with E-state index < -0.39 is 0 Å². The number of aromatic nitrogens is 6. The minimum Gasteiger partial charge on any atom is -0.309 e. The second-order valence-electron chi connectivity index (χ2n) is 20.0. The minimum atomic E-state index is 0.662. The molecule has 6 nitrogen and oxygen atoms in total. The second kappa shape index (κ2) is 16.3. The van der Waals surface area contributed by atoms with Gasteiger partial charge in [-0.15, -0.1) is 0 Å². The standard InChI is InChI=1S/C69H44N6/c1-3-15-43(16-4-1)67-70-68(44-17-5-2-6-18-44)72-69(71-67)47-28-27-45-35-50-39-51-40-52(30-29-46(51)36-49(50)38-48(45)37-47)73-65-33-31-53(74-61-23-11-7-19-55(61)56-20-8-12-24-62(56)74)41-59(65)60-42-54(32-34-66(60)73)75-63-25-13-9-21-57(63)58-22-10-14-26-64(58)75/h1-35,37-38,40-42H,36,39H2. The smallest absolute Gasteiger partial charge is 0.164 e. The maximum absolute atomic E-state index is 5.04. The number of hydrogen-bond donors (Lipinski definition) is 0. The molecule has 0 spiro atoms. The third kappa shape index (κ3) is 6.56. The Hall–Kier alpha value is -9.91. The molecule has 1 aliphatic rings. The van der Waals surface area contributed by atoms with Gasteiger partial charge in [0.1, 0.15) is 0 Å². The summed E-state index contributed by atoms with van der Waals surface area (Å²) in [6.07, 6.45) is 1.72. The molecule has 4 heterocycles. The van der Waals surface area contributed by atoms with Gasteiger partial charge in [0.15, 0.2) is 17.5 Å². The van der Waals surface area contributed by atoms with Gasteiger partial charge in [-0.2, -0.15) is 0 Å². The fourth-order valence-corrected chi connectivity index (χ4v) is 12.3. The highest BCUT2D eigenvalue weighted by Gasteiger charge is 2.22. The zero-order chi connectivity index (χ0) is 49.1. The van der Waals surface area contributed by atoms with Gasteiger partial charge in [-0.25, -0.2) is 15.0 Å². The fraction of sp³-hybridized carbons (Fsp3) is 0.0290. The summed E-state index contributed by atoms with van der Waals surface area (Å²) in [6.45, 7) is 0. The largest absolute Gasteiger partial charge is 0.309 e. The zero-order valence-electron chi connectivity index (χ0n) is 40.7. The van der Waals surface area contributed by atoms with E-state index in [4.69, 9.17) is 15.0 Å². The summed E-state index contributed by atoms with van der Waals surface area (Å²) in [5, 5.41) is 9.84. The predicted octanol–water partition coefficient (Wildman–Crippen LogP) is 16.8. The van der Waals surface area contributed by atoms with Crippen molar-refractivity contribution in [2.75, 3.05) is 0 Å². The number of nitrogens with zero attached hydrogens (tertiary/aromatic N) is 6. The summed E-state index contributed by atoms with van der Waals surface area (Å²) >= 11 is 0. The van der Waals surface area contributed by atoms with Crippen LogP contribution in [0.2, 0.25) is 0 Å². The van der Waals surface area contributed by atoms with E-state index in [9.17, 15) is 0 Å². The van der Waals surface area contributed by atoms with Gasteiger partial charge in [0, 0.05) is 66.1 Å². The van der Waals surface area contributed by atoms with Crippen LogP contribution in [0.5, 0.6) is 0 Å². The van der Waals surface area contributed by atoms with Crippen LogP contribution in [0.4, 0.5) is 0 Å². The first kappa shape index (κ1) is 41.7. The molecule has 350 valence electrons. The number of para-hydroxylation sites is 4. The second-order valence-corrected chi connectivity index (χ2v) is 20.0. The summed E-state index contributed by atoms with van der Waals surface area (Å²) in [7, 11) is 0. The molecule has 15 aromatic rings. The molecule has 11 aromatic carbocycles. The number of rotatable bonds is 6. The maximum atomic E-state index is 5.04. The van der Waals surface area contributed by atoms with Crippen molar-refractivity contribution in [3.63, 3.8) is 0 Å². The van der Waals surface area contributed by atoms with Crippen LogP contribution in [0.1, 0.15) is 22.3 Å². The van der Waals surface area contributed by atoms with E-state index in [2.05, 4.69) is 220 Å². The van der Waals surface area contributed by atoms with Crippen LogP contribution >= 0.6 is 0 Å². The lowest BCUT2D eigenvalue weighted by Gasteiger charge is -2.22. The number of fused-ring (bicyclic) bond motifs is 12. The molecule has 0 saturated carbocycles. The van der Waals surface area contributed by atoms with Crippen molar-refractivity contribution in [2.45, 2.75) is 12.8 Å². The molecule has 0 atom stereocenters. The first-order chi connectivity index (χ1) is 37.1. The molecule has 0 radical (unpaired) electrons. The quantitative estimate of drug-likeness (QED) is 0.167. The lowest BCUT2D eigenvalue weighted by molar-refractivity contribution is 0.997. The van der Waals surface area contributed by atoms with Crippen LogP contribution < -0.4 is 0 Å².